The van der Waals surface area contributed by atoms with Crippen molar-refractivity contribution in [3.63, 3.8) is 0 Å². The molecule has 1 aliphatic heterocycles. The van der Waals surface area contributed by atoms with Gasteiger partial charge in [0.15, 0.2) is 5.78 Å². The number of benzene rings is 1. The maximum absolute atomic E-state index is 13.8. The van der Waals surface area contributed by atoms with Crippen molar-refractivity contribution in [2.24, 2.45) is 5.92 Å². The van der Waals surface area contributed by atoms with Crippen molar-refractivity contribution in [3.8, 4) is 0 Å². The Balaban J connectivity index is 1.90. The quantitative estimate of drug-likeness (QED) is 0.558. The van der Waals surface area contributed by atoms with Gasteiger partial charge in [-0.1, -0.05) is 18.2 Å². The summed E-state index contributed by atoms with van der Waals surface area (Å²) in [4.78, 5) is 40.2. The average molecular weight is 456 g/mol. The lowest BCUT2D eigenvalue weighted by Gasteiger charge is -2.39. The molecule has 2 aliphatic rings. The van der Waals surface area contributed by atoms with Crippen LogP contribution in [0.4, 0.5) is 4.39 Å². The third kappa shape index (κ3) is 3.64. The predicted molar refractivity (Wildman–Crippen MR) is 116 cm³/mol. The zero-order chi connectivity index (χ0) is 23.0. The summed E-state index contributed by atoms with van der Waals surface area (Å²) in [5.74, 6) is -4.28. The lowest BCUT2D eigenvalue weighted by atomic mass is 9.68. The normalized spacial score (nSPS) is 22.9. The summed E-state index contributed by atoms with van der Waals surface area (Å²) in [6.07, 6.45) is 0.394. The lowest BCUT2D eigenvalue weighted by Crippen LogP contribution is -2.43. The van der Waals surface area contributed by atoms with Gasteiger partial charge in [0.25, 0.3) is 0 Å². The Hall–Kier alpha value is -3.26. The van der Waals surface area contributed by atoms with Crippen molar-refractivity contribution in [2.45, 2.75) is 25.2 Å². The monoisotopic (exact) mass is 455 g/mol. The maximum Gasteiger partial charge on any atom is 0.336 e. The fourth-order valence-corrected chi connectivity index (χ4v) is 5.44. The number of hydrogen-bond donors (Lipinski definition) is 1. The highest BCUT2D eigenvalue weighted by atomic mass is 32.1. The molecular formula is C24H22FNO5S. The second kappa shape index (κ2) is 8.70. The van der Waals surface area contributed by atoms with Crippen molar-refractivity contribution in [3.05, 3.63) is 80.6 Å². The fraction of sp³-hybridized carbons (Fsp3) is 0.292. The number of nitrogens with one attached hydrogen (secondary N) is 1. The largest absolute Gasteiger partial charge is 0.468 e. The number of ketones is 1. The first-order valence-electron chi connectivity index (χ1n) is 10.1. The third-order valence-corrected chi connectivity index (χ3v) is 7.00. The van der Waals surface area contributed by atoms with E-state index in [-0.39, 0.29) is 11.5 Å². The van der Waals surface area contributed by atoms with Gasteiger partial charge in [-0.05, 0) is 42.5 Å². The van der Waals surface area contributed by atoms with Crippen LogP contribution in [0.3, 0.4) is 0 Å². The van der Waals surface area contributed by atoms with Crippen LogP contribution in [0.25, 0.3) is 0 Å². The first-order chi connectivity index (χ1) is 15.4. The molecule has 0 amide bonds. The molecule has 0 fully saturated rings. The number of halogens is 1. The van der Waals surface area contributed by atoms with E-state index in [9.17, 15) is 18.8 Å². The number of hydrogen-bond acceptors (Lipinski definition) is 7. The van der Waals surface area contributed by atoms with Crippen molar-refractivity contribution in [1.82, 2.24) is 5.32 Å². The zero-order valence-electron chi connectivity index (χ0n) is 17.8. The highest BCUT2D eigenvalue weighted by Gasteiger charge is 2.49. The smallest absolute Gasteiger partial charge is 0.336 e. The number of thiophene rings is 1. The van der Waals surface area contributed by atoms with Crippen molar-refractivity contribution in [2.75, 3.05) is 14.2 Å². The molecular weight excluding hydrogens is 433 g/mol. The molecule has 1 aromatic carbocycles. The Morgan fingerprint density at radius 3 is 2.44 bits per heavy atom. The molecule has 0 unspecified atom stereocenters. The summed E-state index contributed by atoms with van der Waals surface area (Å²) >= 11 is 1.47. The van der Waals surface area contributed by atoms with Gasteiger partial charge in [-0.15, -0.1) is 11.3 Å². The number of esters is 2. The lowest BCUT2D eigenvalue weighted by molar-refractivity contribution is -0.149. The summed E-state index contributed by atoms with van der Waals surface area (Å²) in [6.45, 7) is 1.74. The number of carbonyl (C=O) groups excluding carboxylic acids is 3. The number of methoxy groups -OCH3 is 2. The molecule has 1 aromatic heterocycles. The number of rotatable bonds is 4. The zero-order valence-corrected chi connectivity index (χ0v) is 18.6. The molecule has 2 heterocycles. The molecule has 2 aromatic rings. The van der Waals surface area contributed by atoms with Crippen LogP contribution in [0, 0.1) is 11.7 Å². The molecule has 1 N–H and O–H groups in total. The SMILES string of the molecule is COC(=O)C1=C(C)NC2=C(C(=O)[C@H](C(=O)OC)[C@@H](c3cccs3)C2)[C@@H]1c1ccc(F)cc1. The molecule has 3 atom stereocenters. The minimum Gasteiger partial charge on any atom is -0.468 e. The number of carbonyl (C=O) groups is 3. The molecule has 166 valence electrons. The highest BCUT2D eigenvalue weighted by Crippen LogP contribution is 2.48. The second-order valence-electron chi connectivity index (χ2n) is 7.72. The number of allylic oxidation sites excluding steroid dienone is 3. The van der Waals surface area contributed by atoms with E-state index in [2.05, 4.69) is 5.32 Å². The van der Waals surface area contributed by atoms with Crippen LogP contribution < -0.4 is 5.32 Å². The summed E-state index contributed by atoms with van der Waals surface area (Å²) in [5.41, 5.74) is 2.33. The van der Waals surface area contributed by atoms with Gasteiger partial charge in [0.2, 0.25) is 0 Å². The standard InChI is InChI=1S/C24H22FNO5S/c1-12-18(23(28)30-2)19(13-6-8-14(25)9-7-13)21-16(26-12)11-15(17-5-4-10-32-17)20(22(21)27)24(29)31-3/h4-10,15,19-20,26H,11H2,1-3H3/t15-,19-,20-/m1/s1. The first-order valence-corrected chi connectivity index (χ1v) is 10.9. The fourth-order valence-electron chi connectivity index (χ4n) is 4.57. The van der Waals surface area contributed by atoms with E-state index in [1.807, 2.05) is 17.5 Å². The molecule has 0 saturated heterocycles. The van der Waals surface area contributed by atoms with Crippen molar-refractivity contribution >= 4 is 29.1 Å². The Bertz CT molecular complexity index is 1130. The van der Waals surface area contributed by atoms with Crippen molar-refractivity contribution < 1.29 is 28.2 Å². The van der Waals surface area contributed by atoms with Crippen LogP contribution in [0.15, 0.2) is 64.3 Å². The first kappa shape index (κ1) is 22.0. The van der Waals surface area contributed by atoms with Gasteiger partial charge in [-0.3, -0.25) is 9.59 Å². The van der Waals surface area contributed by atoms with Crippen molar-refractivity contribution in [1.29, 1.82) is 0 Å². The van der Waals surface area contributed by atoms with Gasteiger partial charge in [-0.25, -0.2) is 9.18 Å². The van der Waals surface area contributed by atoms with E-state index < -0.39 is 35.4 Å². The van der Waals surface area contributed by atoms with Crippen LogP contribution in [0.5, 0.6) is 0 Å². The molecule has 6 nitrogen and oxygen atoms in total. The molecule has 0 bridgehead atoms. The molecule has 0 radical (unpaired) electrons. The highest BCUT2D eigenvalue weighted by molar-refractivity contribution is 7.10. The van der Waals surface area contributed by atoms with Gasteiger partial charge in [0, 0.05) is 33.7 Å². The summed E-state index contributed by atoms with van der Waals surface area (Å²) < 4.78 is 23.6. The van der Waals surface area contributed by atoms with Crippen LogP contribution in [-0.2, 0) is 23.9 Å². The molecule has 0 spiro atoms. The van der Waals surface area contributed by atoms with Crippen LogP contribution in [-0.4, -0.2) is 31.9 Å². The minimum absolute atomic E-state index is 0.254. The molecule has 32 heavy (non-hydrogen) atoms. The number of dihydropyridines is 1. The van der Waals surface area contributed by atoms with E-state index in [1.165, 1.54) is 49.8 Å². The van der Waals surface area contributed by atoms with E-state index in [0.717, 1.165) is 4.88 Å². The molecule has 8 heteroatoms. The molecule has 1 aliphatic carbocycles. The summed E-state index contributed by atoms with van der Waals surface area (Å²) in [7, 11) is 2.52. The number of Topliss-reactive ketones (excluding diaryl/α,β-unsaturated/α-hetero) is 1. The maximum atomic E-state index is 13.8. The van der Waals surface area contributed by atoms with Crippen LogP contribution in [0.2, 0.25) is 0 Å². The summed E-state index contributed by atoms with van der Waals surface area (Å²) in [5, 5.41) is 5.11. The Labute approximate surface area is 188 Å². The Morgan fingerprint density at radius 2 is 1.84 bits per heavy atom. The van der Waals surface area contributed by atoms with Crippen LogP contribution >= 0.6 is 11.3 Å². The Morgan fingerprint density at radius 1 is 1.12 bits per heavy atom. The average Bonchev–Trinajstić information content (AvgIpc) is 3.32. The minimum atomic E-state index is -1.04. The Kier molecular flexibility index (Phi) is 5.97. The van der Waals surface area contributed by atoms with Gasteiger partial charge >= 0.3 is 11.9 Å². The van der Waals surface area contributed by atoms with Gasteiger partial charge in [-0.2, -0.15) is 0 Å². The second-order valence-corrected chi connectivity index (χ2v) is 8.70. The van der Waals surface area contributed by atoms with E-state index in [0.29, 0.717) is 29.0 Å². The van der Waals surface area contributed by atoms with Gasteiger partial charge < -0.3 is 14.8 Å². The van der Waals surface area contributed by atoms with E-state index in [1.54, 1.807) is 6.92 Å². The topological polar surface area (TPSA) is 81.7 Å². The predicted octanol–water partition coefficient (Wildman–Crippen LogP) is 3.82. The van der Waals surface area contributed by atoms with Gasteiger partial charge in [0.05, 0.1) is 19.8 Å². The van der Waals surface area contributed by atoms with E-state index in [4.69, 9.17) is 9.47 Å². The van der Waals surface area contributed by atoms with Crippen LogP contribution in [0.1, 0.15) is 35.6 Å². The molecule has 0 saturated carbocycles. The third-order valence-electron chi connectivity index (χ3n) is 5.99. The van der Waals surface area contributed by atoms with E-state index >= 15 is 0 Å². The molecule has 4 rings (SSSR count). The summed E-state index contributed by atoms with van der Waals surface area (Å²) in [6, 6.07) is 9.41. The van der Waals surface area contributed by atoms with Gasteiger partial charge in [0.1, 0.15) is 11.7 Å². The number of ether oxygens (including phenoxy) is 2.